The number of benzene rings is 3. The molecule has 2 aliphatic rings. The average Bonchev–Trinajstić information content (AvgIpc) is 3.05. The zero-order valence-electron chi connectivity index (χ0n) is 25.4. The van der Waals surface area contributed by atoms with Crippen molar-refractivity contribution in [2.45, 2.75) is 45.1 Å². The zero-order valence-corrected chi connectivity index (χ0v) is 25.4. The molecule has 5 rings (SSSR count). The Morgan fingerprint density at radius 2 is 1.43 bits per heavy atom. The van der Waals surface area contributed by atoms with Crippen molar-refractivity contribution in [3.05, 3.63) is 77.9 Å². The Kier molecular flexibility index (Phi) is 10.2. The third-order valence-electron chi connectivity index (χ3n) is 8.14. The fraction of sp³-hybridized carbons (Fsp3) is 0.382. The van der Waals surface area contributed by atoms with E-state index >= 15 is 0 Å². The van der Waals surface area contributed by atoms with Gasteiger partial charge in [0.15, 0.2) is 0 Å². The van der Waals surface area contributed by atoms with Crippen molar-refractivity contribution in [3.63, 3.8) is 0 Å². The van der Waals surface area contributed by atoms with Gasteiger partial charge in [-0.25, -0.2) is 9.59 Å². The van der Waals surface area contributed by atoms with Gasteiger partial charge in [-0.3, -0.25) is 4.79 Å². The molecule has 3 aromatic carbocycles. The second-order valence-corrected chi connectivity index (χ2v) is 11.1. The van der Waals surface area contributed by atoms with Gasteiger partial charge in [0, 0.05) is 49.3 Å². The van der Waals surface area contributed by atoms with Crippen LogP contribution >= 0.6 is 0 Å². The molecule has 1 saturated carbocycles. The summed E-state index contributed by atoms with van der Waals surface area (Å²) in [6.07, 6.45) is 5.40. The average molecular weight is 600 g/mol. The van der Waals surface area contributed by atoms with Gasteiger partial charge in [0.25, 0.3) is 5.91 Å². The maximum absolute atomic E-state index is 13.7. The molecule has 44 heavy (non-hydrogen) atoms. The number of nitrogens with one attached hydrogen (secondary N) is 3. The van der Waals surface area contributed by atoms with Crippen LogP contribution in [0.2, 0.25) is 0 Å². The van der Waals surface area contributed by atoms with E-state index in [0.717, 1.165) is 69.0 Å². The van der Waals surface area contributed by atoms with Crippen LogP contribution in [0, 0.1) is 0 Å². The maximum Gasteiger partial charge on any atom is 0.338 e. The number of carbonyl (C=O) groups excluding carboxylic acids is 3. The summed E-state index contributed by atoms with van der Waals surface area (Å²) < 4.78 is 10.6. The Balaban J connectivity index is 1.30. The summed E-state index contributed by atoms with van der Waals surface area (Å²) >= 11 is 0. The summed E-state index contributed by atoms with van der Waals surface area (Å²) in [7, 11) is 1.68. The van der Waals surface area contributed by atoms with Gasteiger partial charge in [-0.2, -0.15) is 0 Å². The number of ether oxygens (including phenoxy) is 2. The van der Waals surface area contributed by atoms with Gasteiger partial charge in [-0.15, -0.1) is 0 Å². The Hall–Kier alpha value is -4.73. The van der Waals surface area contributed by atoms with E-state index in [-0.39, 0.29) is 11.9 Å². The topological polar surface area (TPSA) is 112 Å². The van der Waals surface area contributed by atoms with Gasteiger partial charge in [-0.05, 0) is 74.4 Å². The maximum atomic E-state index is 13.7. The number of rotatable bonds is 9. The van der Waals surface area contributed by atoms with E-state index in [0.29, 0.717) is 29.1 Å². The molecule has 0 unspecified atom stereocenters. The molecule has 1 saturated heterocycles. The molecule has 232 valence electrons. The Morgan fingerprint density at radius 1 is 0.795 bits per heavy atom. The van der Waals surface area contributed by atoms with Crippen LogP contribution in [-0.2, 0) is 4.74 Å². The van der Waals surface area contributed by atoms with E-state index in [2.05, 4.69) is 31.8 Å². The summed E-state index contributed by atoms with van der Waals surface area (Å²) in [5, 5.41) is 8.89. The highest BCUT2D eigenvalue weighted by atomic mass is 16.5. The molecule has 0 aromatic heterocycles. The molecule has 1 aliphatic heterocycles. The number of para-hydroxylation sites is 2. The van der Waals surface area contributed by atoms with Crippen molar-refractivity contribution >= 4 is 40.7 Å². The molecule has 3 N–H and O–H groups in total. The van der Waals surface area contributed by atoms with Gasteiger partial charge in [0.05, 0.1) is 30.5 Å². The third-order valence-corrected chi connectivity index (χ3v) is 8.14. The second kappa shape index (κ2) is 14.6. The summed E-state index contributed by atoms with van der Waals surface area (Å²) in [6.45, 7) is 5.07. The molecular weight excluding hydrogens is 558 g/mol. The normalized spacial score (nSPS) is 15.3. The first-order valence-electron chi connectivity index (χ1n) is 15.4. The van der Waals surface area contributed by atoms with Crippen molar-refractivity contribution in [3.8, 4) is 5.75 Å². The number of piperazine rings is 1. The molecule has 1 heterocycles. The first-order chi connectivity index (χ1) is 21.4. The van der Waals surface area contributed by atoms with Crippen LogP contribution in [-0.4, -0.2) is 63.8 Å². The molecule has 0 atom stereocenters. The van der Waals surface area contributed by atoms with Crippen LogP contribution in [0.5, 0.6) is 5.75 Å². The first-order valence-corrected chi connectivity index (χ1v) is 15.4. The Labute approximate surface area is 258 Å². The molecule has 1 aliphatic carbocycles. The van der Waals surface area contributed by atoms with E-state index in [1.165, 1.54) is 6.42 Å². The molecule has 3 amide bonds. The number of hydrogen-bond donors (Lipinski definition) is 3. The monoisotopic (exact) mass is 599 g/mol. The van der Waals surface area contributed by atoms with E-state index < -0.39 is 12.0 Å². The minimum absolute atomic E-state index is 0.127. The first kappa shape index (κ1) is 30.7. The predicted molar refractivity (Wildman–Crippen MR) is 173 cm³/mol. The number of methoxy groups -OCH3 is 1. The number of hydrogen-bond acceptors (Lipinski definition) is 7. The number of esters is 1. The lowest BCUT2D eigenvalue weighted by molar-refractivity contribution is 0.0526. The zero-order chi connectivity index (χ0) is 30.9. The van der Waals surface area contributed by atoms with Crippen molar-refractivity contribution in [1.82, 2.24) is 5.32 Å². The number of anilines is 4. The summed E-state index contributed by atoms with van der Waals surface area (Å²) in [4.78, 5) is 43.0. The molecule has 2 fully saturated rings. The molecule has 0 spiro atoms. The fourth-order valence-corrected chi connectivity index (χ4v) is 5.86. The summed E-state index contributed by atoms with van der Waals surface area (Å²) in [5.74, 6) is 0.304. The Bertz CT molecular complexity index is 1450. The van der Waals surface area contributed by atoms with Gasteiger partial charge in [-0.1, -0.05) is 31.4 Å². The van der Waals surface area contributed by atoms with Gasteiger partial charge < -0.3 is 35.2 Å². The van der Waals surface area contributed by atoms with Gasteiger partial charge in [0.1, 0.15) is 5.75 Å². The van der Waals surface area contributed by atoms with Crippen LogP contribution in [0.15, 0.2) is 66.7 Å². The minimum atomic E-state index is -0.453. The van der Waals surface area contributed by atoms with Crippen molar-refractivity contribution in [2.24, 2.45) is 0 Å². The third kappa shape index (κ3) is 7.61. The highest BCUT2D eigenvalue weighted by Gasteiger charge is 2.25. The van der Waals surface area contributed by atoms with E-state index in [4.69, 9.17) is 9.47 Å². The van der Waals surface area contributed by atoms with Crippen molar-refractivity contribution in [1.29, 1.82) is 0 Å². The van der Waals surface area contributed by atoms with Crippen molar-refractivity contribution < 1.29 is 23.9 Å². The van der Waals surface area contributed by atoms with E-state index in [1.807, 2.05) is 30.3 Å². The lowest BCUT2D eigenvalue weighted by atomic mass is 9.95. The van der Waals surface area contributed by atoms with Crippen LogP contribution in [0.1, 0.15) is 59.7 Å². The number of carbonyl (C=O) groups is 3. The highest BCUT2D eigenvalue weighted by Crippen LogP contribution is 2.31. The standard InChI is InChI=1S/C34H41N5O5/c1-3-44-33(41)24-13-15-26(16-14-24)36-34(42)37-27-17-18-29(28(23-27)32(40)35-25-9-5-4-6-10-25)38-19-21-39(22-20-38)30-11-7-8-12-31(30)43-2/h7-8,11-18,23,25H,3-6,9-10,19-22H2,1-2H3,(H,35,40)(H2,36,37,42). The predicted octanol–water partition coefficient (Wildman–Crippen LogP) is 5.91. The lowest BCUT2D eigenvalue weighted by Gasteiger charge is -2.38. The minimum Gasteiger partial charge on any atom is -0.495 e. The summed E-state index contributed by atoms with van der Waals surface area (Å²) in [6, 6.07) is 19.7. The molecule has 10 heteroatoms. The molecular formula is C34H41N5O5. The summed E-state index contributed by atoms with van der Waals surface area (Å²) in [5.41, 5.74) is 3.89. The van der Waals surface area contributed by atoms with Crippen molar-refractivity contribution in [2.75, 3.05) is 60.3 Å². The SMILES string of the molecule is CCOC(=O)c1ccc(NC(=O)Nc2ccc(N3CCN(c4ccccc4OC)CC3)c(C(=O)NC3CCCCC3)c2)cc1. The van der Waals surface area contributed by atoms with E-state index in [1.54, 1.807) is 44.4 Å². The Morgan fingerprint density at radius 3 is 2.11 bits per heavy atom. The molecule has 10 nitrogen and oxygen atoms in total. The second-order valence-electron chi connectivity index (χ2n) is 11.1. The quantitative estimate of drug-likeness (QED) is 0.262. The van der Waals surface area contributed by atoms with E-state index in [9.17, 15) is 14.4 Å². The van der Waals surface area contributed by atoms with Crippen LogP contribution in [0.4, 0.5) is 27.5 Å². The van der Waals surface area contributed by atoms with Crippen LogP contribution in [0.3, 0.4) is 0 Å². The number of amides is 3. The molecule has 0 radical (unpaired) electrons. The molecule has 3 aromatic rings. The largest absolute Gasteiger partial charge is 0.495 e. The lowest BCUT2D eigenvalue weighted by Crippen LogP contribution is -2.47. The highest BCUT2D eigenvalue weighted by molar-refractivity contribution is 6.04. The molecule has 0 bridgehead atoms. The smallest absolute Gasteiger partial charge is 0.338 e. The number of urea groups is 1. The van der Waals surface area contributed by atoms with Gasteiger partial charge >= 0.3 is 12.0 Å². The van der Waals surface area contributed by atoms with Crippen LogP contribution < -0.4 is 30.5 Å². The van der Waals surface area contributed by atoms with Crippen LogP contribution in [0.25, 0.3) is 0 Å². The van der Waals surface area contributed by atoms with Gasteiger partial charge in [0.2, 0.25) is 0 Å². The number of nitrogens with zero attached hydrogens (tertiary/aromatic N) is 2. The fourth-order valence-electron chi connectivity index (χ4n) is 5.86.